The average molecular weight is 680 g/mol. The van der Waals surface area contributed by atoms with Crippen molar-refractivity contribution in [3.05, 3.63) is 50.4 Å². The van der Waals surface area contributed by atoms with Gasteiger partial charge in [-0.3, -0.25) is 19.0 Å². The largest absolute Gasteiger partial charge is 0.502 e. The lowest BCUT2D eigenvalue weighted by molar-refractivity contribution is 0.00578. The molecule has 0 aliphatic carbocycles. The second-order valence-electron chi connectivity index (χ2n) is 13.0. The predicted octanol–water partition coefficient (Wildman–Crippen LogP) is 4.45. The third kappa shape index (κ3) is 13.1. The lowest BCUT2D eigenvalue weighted by Gasteiger charge is -2.32. The van der Waals surface area contributed by atoms with Crippen LogP contribution in [0.15, 0.2) is 27.9 Å². The number of amides is 1. The minimum Gasteiger partial charge on any atom is -0.473 e. The molecule has 0 bridgehead atoms. The van der Waals surface area contributed by atoms with Crippen LogP contribution in [0.4, 0.5) is 4.79 Å². The molecule has 0 spiro atoms. The van der Waals surface area contributed by atoms with Gasteiger partial charge in [-0.15, -0.1) is 0 Å². The van der Waals surface area contributed by atoms with Crippen LogP contribution in [-0.2, 0) is 35.2 Å². The first-order valence-corrected chi connectivity index (χ1v) is 16.5. The first-order valence-electron chi connectivity index (χ1n) is 16.5. The summed E-state index contributed by atoms with van der Waals surface area (Å²) in [6.07, 6.45) is 0.923. The molecule has 1 aliphatic rings. The fraction of sp³-hybridized carbons (Fsp3) is 0.697. The van der Waals surface area contributed by atoms with Gasteiger partial charge < -0.3 is 33.9 Å². The molecule has 48 heavy (non-hydrogen) atoms. The highest BCUT2D eigenvalue weighted by Gasteiger charge is 2.53. The molecule has 0 aromatic carbocycles. The fourth-order valence-corrected chi connectivity index (χ4v) is 4.08. The maximum Gasteiger partial charge on any atom is 0.502 e. The zero-order valence-electron chi connectivity index (χ0n) is 32.7. The number of rotatable bonds is 5. The van der Waals surface area contributed by atoms with E-state index in [1.165, 1.54) is 20.3 Å². The van der Waals surface area contributed by atoms with Crippen LogP contribution >= 0.6 is 0 Å². The Morgan fingerprint density at radius 3 is 1.85 bits per heavy atom. The van der Waals surface area contributed by atoms with Crippen molar-refractivity contribution < 1.29 is 23.6 Å². The van der Waals surface area contributed by atoms with Gasteiger partial charge in [-0.1, -0.05) is 27.7 Å². The lowest BCUT2D eigenvalue weighted by atomic mass is 9.79. The number of nitrogens with one attached hydrogen (secondary N) is 2. The van der Waals surface area contributed by atoms with Crippen LogP contribution in [0.1, 0.15) is 94.5 Å². The summed E-state index contributed by atoms with van der Waals surface area (Å²) in [6.45, 7) is 27.6. The summed E-state index contributed by atoms with van der Waals surface area (Å²) in [5.74, 6) is 0.575. The Morgan fingerprint density at radius 1 is 1.00 bits per heavy atom. The van der Waals surface area contributed by atoms with Gasteiger partial charge in [0.2, 0.25) is 5.88 Å². The molecule has 0 saturated carbocycles. The molecule has 1 fully saturated rings. The van der Waals surface area contributed by atoms with E-state index in [9.17, 15) is 14.4 Å². The number of H-pyrrole nitrogens is 2. The summed E-state index contributed by atoms with van der Waals surface area (Å²) in [6, 6.07) is 3.03. The van der Waals surface area contributed by atoms with Crippen LogP contribution < -0.4 is 21.3 Å². The second kappa shape index (κ2) is 18.7. The molecule has 3 aromatic heterocycles. The summed E-state index contributed by atoms with van der Waals surface area (Å²) < 4.78 is 28.5. The van der Waals surface area contributed by atoms with E-state index in [-0.39, 0.29) is 23.3 Å². The number of likely N-dealkylation sites (N-methyl/N-ethyl adjacent to an activating group) is 1. The van der Waals surface area contributed by atoms with Gasteiger partial charge in [-0.05, 0) is 69.2 Å². The predicted molar refractivity (Wildman–Crippen MR) is 192 cm³/mol. The molecule has 0 unspecified atom stereocenters. The number of aromatic amines is 2. The molecule has 1 aliphatic heterocycles. The van der Waals surface area contributed by atoms with Gasteiger partial charge in [0.15, 0.2) is 0 Å². The van der Waals surface area contributed by atoms with E-state index in [1.54, 1.807) is 38.1 Å². The molecule has 4 heterocycles. The quantitative estimate of drug-likeness (QED) is 0.376. The molecule has 1 amide bonds. The van der Waals surface area contributed by atoms with Crippen molar-refractivity contribution in [1.29, 1.82) is 0 Å². The average Bonchev–Trinajstić information content (AvgIpc) is 3.64. The smallest absolute Gasteiger partial charge is 0.473 e. The number of carbonyl (C=O) groups excluding carboxylic acids is 1. The molecular weight excluding hydrogens is 617 g/mol. The van der Waals surface area contributed by atoms with Crippen LogP contribution in [0.5, 0.6) is 5.88 Å². The van der Waals surface area contributed by atoms with E-state index < -0.39 is 23.9 Å². The maximum atomic E-state index is 12.2. The summed E-state index contributed by atoms with van der Waals surface area (Å²) in [7, 11) is 6.30. The molecule has 15 heteroatoms. The number of carbonyl (C=O) groups is 1. The standard InChI is InChI=1S/C20H36BN3O5.C5H8N2O.C4H6N2O.2C2H6/c1-13(12-23(10)17(25)27-18(3,4)5)26-16-15(14(2)22-24(16)11)21-28-19(6,7)20(8,9)29-21;1-4-3-5(8)7(2)6-4;1-6-4(7)2-3-5-6;2*1-2/h13H,12H2,1-11H3;3,6H,1-2H3;2-3,5H,1H3;2*1-2H3/t13-;;;;/m0..../s1. The number of hydrogen-bond acceptors (Lipinski definition) is 8. The highest BCUT2D eigenvalue weighted by atomic mass is 16.7. The normalized spacial score (nSPS) is 14.8. The van der Waals surface area contributed by atoms with E-state index >= 15 is 0 Å². The zero-order valence-corrected chi connectivity index (χ0v) is 32.7. The highest BCUT2D eigenvalue weighted by Crippen LogP contribution is 2.37. The lowest BCUT2D eigenvalue weighted by Crippen LogP contribution is -2.41. The van der Waals surface area contributed by atoms with E-state index in [1.807, 2.05) is 104 Å². The third-order valence-electron chi connectivity index (χ3n) is 7.09. The Bertz CT molecular complexity index is 1490. The minimum absolute atomic E-state index is 0.000000000000000222. The van der Waals surface area contributed by atoms with Gasteiger partial charge in [0.05, 0.1) is 28.9 Å². The van der Waals surface area contributed by atoms with Crippen molar-refractivity contribution >= 4 is 18.7 Å². The van der Waals surface area contributed by atoms with Gasteiger partial charge in [0, 0.05) is 52.2 Å². The van der Waals surface area contributed by atoms with Gasteiger partial charge in [0.25, 0.3) is 11.1 Å². The molecular formula is C33H62BN7O7. The Hall–Kier alpha value is -3.72. The number of nitrogens with zero attached hydrogens (tertiary/aromatic N) is 5. The van der Waals surface area contributed by atoms with Crippen molar-refractivity contribution in [1.82, 2.24) is 34.2 Å². The van der Waals surface area contributed by atoms with Gasteiger partial charge in [-0.2, -0.15) is 5.10 Å². The molecule has 0 radical (unpaired) electrons. The van der Waals surface area contributed by atoms with Crippen molar-refractivity contribution in [2.45, 2.75) is 120 Å². The number of ether oxygens (including phenoxy) is 2. The third-order valence-corrected chi connectivity index (χ3v) is 7.09. The second-order valence-corrected chi connectivity index (χ2v) is 13.0. The van der Waals surface area contributed by atoms with Gasteiger partial charge in [0.1, 0.15) is 11.7 Å². The van der Waals surface area contributed by atoms with Crippen molar-refractivity contribution in [3.63, 3.8) is 0 Å². The Balaban J connectivity index is 0.000000937. The number of aromatic nitrogens is 6. The molecule has 2 N–H and O–H groups in total. The molecule has 3 aromatic rings. The first-order chi connectivity index (χ1) is 22.0. The number of hydrogen-bond donors (Lipinski definition) is 2. The summed E-state index contributed by atoms with van der Waals surface area (Å²) in [4.78, 5) is 34.7. The Morgan fingerprint density at radius 2 is 1.52 bits per heavy atom. The van der Waals surface area contributed by atoms with Crippen LogP contribution in [0.2, 0.25) is 0 Å². The van der Waals surface area contributed by atoms with E-state index in [0.717, 1.165) is 16.9 Å². The van der Waals surface area contributed by atoms with E-state index in [0.29, 0.717) is 12.4 Å². The van der Waals surface area contributed by atoms with Crippen LogP contribution in [0.3, 0.4) is 0 Å². The van der Waals surface area contributed by atoms with Crippen molar-refractivity contribution in [2.24, 2.45) is 21.1 Å². The Labute approximate surface area is 287 Å². The van der Waals surface area contributed by atoms with Gasteiger partial charge in [-0.25, -0.2) is 9.48 Å². The molecule has 4 rings (SSSR count). The summed E-state index contributed by atoms with van der Waals surface area (Å²) in [5.41, 5.74) is 1.02. The monoisotopic (exact) mass is 679 g/mol. The SMILES string of the molecule is CC.CC.Cc1cc(=O)n(C)[nH]1.Cc1nn(C)c(O[C@@H](C)CN(C)C(=O)OC(C)(C)C)c1B1OC(C)(C)C(C)(C)O1.Cn1[nH]ccc1=O. The molecule has 1 saturated heterocycles. The molecule has 14 nitrogen and oxygen atoms in total. The topological polar surface area (TPSA) is 151 Å². The van der Waals surface area contributed by atoms with E-state index in [4.69, 9.17) is 18.8 Å². The van der Waals surface area contributed by atoms with Crippen LogP contribution in [0.25, 0.3) is 0 Å². The van der Waals surface area contributed by atoms with Gasteiger partial charge >= 0.3 is 13.2 Å². The minimum atomic E-state index is -0.570. The first kappa shape index (κ1) is 44.3. The van der Waals surface area contributed by atoms with Crippen molar-refractivity contribution in [3.8, 4) is 5.88 Å². The van der Waals surface area contributed by atoms with Crippen molar-refractivity contribution in [2.75, 3.05) is 13.6 Å². The number of aryl methyl sites for hydroxylation is 5. The highest BCUT2D eigenvalue weighted by molar-refractivity contribution is 6.63. The summed E-state index contributed by atoms with van der Waals surface area (Å²) in [5, 5.41) is 9.98. The maximum absolute atomic E-state index is 12.2. The summed E-state index contributed by atoms with van der Waals surface area (Å²) >= 11 is 0. The van der Waals surface area contributed by atoms with Crippen LogP contribution in [0, 0.1) is 13.8 Å². The molecule has 1 atom stereocenters. The van der Waals surface area contributed by atoms with Crippen LogP contribution in [-0.4, -0.2) is 84.0 Å². The molecule has 274 valence electrons. The fourth-order valence-electron chi connectivity index (χ4n) is 4.08. The van der Waals surface area contributed by atoms with E-state index in [2.05, 4.69) is 15.3 Å². The Kier molecular flexibility index (Phi) is 17.3. The zero-order chi connectivity index (χ0) is 37.8.